The van der Waals surface area contributed by atoms with E-state index in [1.807, 2.05) is 12.1 Å². The summed E-state index contributed by atoms with van der Waals surface area (Å²) in [5, 5.41) is 12.3. The zero-order valence-electron chi connectivity index (χ0n) is 13.3. The lowest BCUT2D eigenvalue weighted by Gasteiger charge is -2.14. The van der Waals surface area contributed by atoms with Crippen LogP contribution in [0.5, 0.6) is 0 Å². The average Bonchev–Trinajstić information content (AvgIpc) is 2.47. The minimum Gasteiger partial charge on any atom is -0.478 e. The van der Waals surface area contributed by atoms with Crippen molar-refractivity contribution >= 4 is 11.7 Å². The second kappa shape index (κ2) is 7.09. The van der Waals surface area contributed by atoms with Crippen molar-refractivity contribution in [1.82, 2.24) is 4.90 Å². The van der Waals surface area contributed by atoms with E-state index in [0.29, 0.717) is 12.1 Å². The van der Waals surface area contributed by atoms with E-state index in [9.17, 15) is 4.79 Å². The number of carbonyl (C=O) groups is 1. The van der Waals surface area contributed by atoms with Gasteiger partial charge in [0, 0.05) is 18.8 Å². The molecule has 0 aliphatic carbocycles. The third-order valence-electron chi connectivity index (χ3n) is 3.48. The molecule has 0 atom stereocenters. The minimum absolute atomic E-state index is 0.313. The highest BCUT2D eigenvalue weighted by Crippen LogP contribution is 2.19. The molecule has 0 spiro atoms. The fraction of sp³-hybridized carbons (Fsp3) is 0.278. The lowest BCUT2D eigenvalue weighted by molar-refractivity contribution is 0.0697. The maximum Gasteiger partial charge on any atom is 0.335 e. The van der Waals surface area contributed by atoms with Gasteiger partial charge in [0.05, 0.1) is 5.56 Å². The lowest BCUT2D eigenvalue weighted by atomic mass is 10.1. The van der Waals surface area contributed by atoms with Gasteiger partial charge in [0.25, 0.3) is 0 Å². The van der Waals surface area contributed by atoms with E-state index in [1.165, 1.54) is 11.1 Å². The van der Waals surface area contributed by atoms with Crippen LogP contribution in [-0.2, 0) is 13.1 Å². The van der Waals surface area contributed by atoms with Gasteiger partial charge in [0.1, 0.15) is 0 Å². The maximum absolute atomic E-state index is 10.8. The highest BCUT2D eigenvalue weighted by molar-refractivity contribution is 5.87. The van der Waals surface area contributed by atoms with Crippen LogP contribution in [0.2, 0.25) is 0 Å². The highest BCUT2D eigenvalue weighted by atomic mass is 16.4. The minimum atomic E-state index is -0.897. The number of rotatable bonds is 6. The molecule has 0 heterocycles. The normalized spacial score (nSPS) is 10.7. The number of nitrogens with zero attached hydrogens (tertiary/aromatic N) is 1. The van der Waals surface area contributed by atoms with E-state index >= 15 is 0 Å². The molecule has 116 valence electrons. The molecule has 4 heteroatoms. The van der Waals surface area contributed by atoms with Crippen LogP contribution in [0.25, 0.3) is 0 Å². The Bertz CT molecular complexity index is 649. The number of carboxylic acid groups (broad SMARTS) is 1. The van der Waals surface area contributed by atoms with Crippen LogP contribution >= 0.6 is 0 Å². The van der Waals surface area contributed by atoms with Crippen molar-refractivity contribution in [2.45, 2.75) is 20.0 Å². The van der Waals surface area contributed by atoms with Gasteiger partial charge in [0.15, 0.2) is 0 Å². The van der Waals surface area contributed by atoms with E-state index in [0.717, 1.165) is 17.8 Å². The maximum atomic E-state index is 10.8. The second-order valence-corrected chi connectivity index (χ2v) is 5.74. The summed E-state index contributed by atoms with van der Waals surface area (Å²) in [5.74, 6) is -0.897. The van der Waals surface area contributed by atoms with Gasteiger partial charge < -0.3 is 15.3 Å². The van der Waals surface area contributed by atoms with Gasteiger partial charge in [-0.2, -0.15) is 0 Å². The molecule has 0 radical (unpaired) electrons. The Morgan fingerprint density at radius 1 is 1.09 bits per heavy atom. The summed E-state index contributed by atoms with van der Waals surface area (Å²) in [6.07, 6.45) is 0. The molecule has 0 aliphatic heterocycles. The molecule has 2 aromatic carbocycles. The third-order valence-corrected chi connectivity index (χ3v) is 3.48. The lowest BCUT2D eigenvalue weighted by Crippen LogP contribution is -2.11. The number of carboxylic acids is 1. The monoisotopic (exact) mass is 298 g/mol. The Hall–Kier alpha value is -2.33. The molecule has 2 N–H and O–H groups in total. The predicted molar refractivity (Wildman–Crippen MR) is 89.3 cm³/mol. The Morgan fingerprint density at radius 3 is 2.32 bits per heavy atom. The van der Waals surface area contributed by atoms with Crippen LogP contribution in [0.15, 0.2) is 42.5 Å². The largest absolute Gasteiger partial charge is 0.478 e. The molecule has 0 aromatic heterocycles. The number of hydrogen-bond donors (Lipinski definition) is 2. The summed E-state index contributed by atoms with van der Waals surface area (Å²) in [7, 11) is 4.11. The quantitative estimate of drug-likeness (QED) is 0.858. The number of benzene rings is 2. The van der Waals surface area contributed by atoms with Gasteiger partial charge in [-0.3, -0.25) is 0 Å². The summed E-state index contributed by atoms with van der Waals surface area (Å²) in [4.78, 5) is 13.0. The molecule has 22 heavy (non-hydrogen) atoms. The van der Waals surface area contributed by atoms with Gasteiger partial charge in [-0.1, -0.05) is 24.3 Å². The van der Waals surface area contributed by atoms with Crippen molar-refractivity contribution in [1.29, 1.82) is 0 Å². The second-order valence-electron chi connectivity index (χ2n) is 5.74. The van der Waals surface area contributed by atoms with E-state index in [-0.39, 0.29) is 0 Å². The van der Waals surface area contributed by atoms with Crippen molar-refractivity contribution in [3.8, 4) is 0 Å². The summed E-state index contributed by atoms with van der Waals surface area (Å²) >= 11 is 0. The van der Waals surface area contributed by atoms with Crippen LogP contribution in [0, 0.1) is 6.92 Å². The van der Waals surface area contributed by atoms with E-state index < -0.39 is 5.97 Å². The standard InChI is InChI=1S/C18H22N2O2/c1-13-4-5-15(12-20(2)3)10-17(13)19-11-14-6-8-16(9-7-14)18(21)22/h4-10,19H,11-12H2,1-3H3,(H,21,22). The number of aryl methyl sites for hydroxylation is 1. The smallest absolute Gasteiger partial charge is 0.335 e. The van der Waals surface area contributed by atoms with Crippen molar-refractivity contribution in [3.05, 3.63) is 64.7 Å². The zero-order chi connectivity index (χ0) is 16.1. The number of anilines is 1. The van der Waals surface area contributed by atoms with Gasteiger partial charge in [-0.15, -0.1) is 0 Å². The molecular weight excluding hydrogens is 276 g/mol. The molecular formula is C18H22N2O2. The molecule has 0 bridgehead atoms. The molecule has 0 saturated heterocycles. The van der Waals surface area contributed by atoms with Gasteiger partial charge in [-0.05, 0) is 55.9 Å². The average molecular weight is 298 g/mol. The van der Waals surface area contributed by atoms with Crippen LogP contribution < -0.4 is 5.32 Å². The Morgan fingerprint density at radius 2 is 1.73 bits per heavy atom. The topological polar surface area (TPSA) is 52.6 Å². The van der Waals surface area contributed by atoms with Crippen LogP contribution in [0.3, 0.4) is 0 Å². The van der Waals surface area contributed by atoms with Crippen LogP contribution in [0.1, 0.15) is 27.0 Å². The Kier molecular flexibility index (Phi) is 5.17. The fourth-order valence-corrected chi connectivity index (χ4v) is 2.29. The molecule has 4 nitrogen and oxygen atoms in total. The molecule has 0 fully saturated rings. The van der Waals surface area contributed by atoms with E-state index in [1.54, 1.807) is 12.1 Å². The first kappa shape index (κ1) is 16.0. The first-order valence-corrected chi connectivity index (χ1v) is 7.26. The van der Waals surface area contributed by atoms with E-state index in [4.69, 9.17) is 5.11 Å². The number of nitrogens with one attached hydrogen (secondary N) is 1. The Labute approximate surface area is 131 Å². The third kappa shape index (κ3) is 4.33. The van der Waals surface area contributed by atoms with Crippen molar-refractivity contribution in [2.24, 2.45) is 0 Å². The van der Waals surface area contributed by atoms with Crippen molar-refractivity contribution < 1.29 is 9.90 Å². The highest BCUT2D eigenvalue weighted by Gasteiger charge is 2.04. The Balaban J connectivity index is 2.05. The molecule has 0 unspecified atom stereocenters. The summed E-state index contributed by atoms with van der Waals surface area (Å²) in [5.41, 5.74) is 4.95. The van der Waals surface area contributed by atoms with Crippen LogP contribution in [-0.4, -0.2) is 30.1 Å². The molecule has 2 rings (SSSR count). The zero-order valence-corrected chi connectivity index (χ0v) is 13.3. The molecule has 0 aliphatic rings. The SMILES string of the molecule is Cc1ccc(CN(C)C)cc1NCc1ccc(C(=O)O)cc1. The molecule has 2 aromatic rings. The van der Waals surface area contributed by atoms with Gasteiger partial charge in [-0.25, -0.2) is 4.79 Å². The molecule has 0 amide bonds. The first-order chi connectivity index (χ1) is 10.5. The summed E-state index contributed by atoms with van der Waals surface area (Å²) < 4.78 is 0. The van der Waals surface area contributed by atoms with E-state index in [2.05, 4.69) is 49.4 Å². The molecule has 0 saturated carbocycles. The van der Waals surface area contributed by atoms with Crippen LogP contribution in [0.4, 0.5) is 5.69 Å². The van der Waals surface area contributed by atoms with Crippen molar-refractivity contribution in [3.63, 3.8) is 0 Å². The predicted octanol–water partition coefficient (Wildman–Crippen LogP) is 3.37. The fourth-order valence-electron chi connectivity index (χ4n) is 2.29. The summed E-state index contributed by atoms with van der Waals surface area (Å²) in [6.45, 7) is 3.66. The van der Waals surface area contributed by atoms with Gasteiger partial charge >= 0.3 is 5.97 Å². The van der Waals surface area contributed by atoms with Gasteiger partial charge in [0.2, 0.25) is 0 Å². The summed E-state index contributed by atoms with van der Waals surface area (Å²) in [6, 6.07) is 13.4. The number of hydrogen-bond acceptors (Lipinski definition) is 3. The first-order valence-electron chi connectivity index (χ1n) is 7.26. The number of aromatic carboxylic acids is 1. The van der Waals surface area contributed by atoms with Crippen molar-refractivity contribution in [2.75, 3.05) is 19.4 Å².